The topological polar surface area (TPSA) is 45.7 Å². The molecule has 108 valence electrons. The maximum atomic E-state index is 6.08. The lowest BCUT2D eigenvalue weighted by atomic mass is 10.2. The van der Waals surface area contributed by atoms with Crippen molar-refractivity contribution in [1.82, 2.24) is 10.6 Å². The van der Waals surface area contributed by atoms with Crippen molar-refractivity contribution in [2.75, 3.05) is 26.8 Å². The molecule has 1 rings (SSSR count). The molecule has 0 unspecified atom stereocenters. The fourth-order valence-corrected chi connectivity index (χ4v) is 1.60. The lowest BCUT2D eigenvalue weighted by Gasteiger charge is -2.11. The van der Waals surface area contributed by atoms with Crippen LogP contribution in [0.1, 0.15) is 12.5 Å². The number of nitrogens with one attached hydrogen (secondary N) is 2. The number of hydrogen-bond acceptors (Lipinski definition) is 2. The number of rotatable bonds is 6. The normalized spacial score (nSPS) is 10.8. The van der Waals surface area contributed by atoms with Crippen LogP contribution in [-0.4, -0.2) is 32.8 Å². The molecule has 0 heterocycles. The van der Waals surface area contributed by atoms with Crippen LogP contribution < -0.4 is 10.6 Å². The standard InChI is InChI=1S/C13H20ClN3O.HI/c1-3-15-13(16-8-9-18-2)17-10-11-6-4-5-7-12(11)14;/h4-7H,3,8-10H2,1-2H3,(H2,15,16,17);1H. The van der Waals surface area contributed by atoms with Gasteiger partial charge in [0.1, 0.15) is 0 Å². The molecule has 0 amide bonds. The Kier molecular flexibility index (Phi) is 11.0. The molecule has 0 aliphatic heterocycles. The molecule has 0 aromatic heterocycles. The monoisotopic (exact) mass is 397 g/mol. The molecule has 6 heteroatoms. The van der Waals surface area contributed by atoms with Crippen molar-refractivity contribution >= 4 is 41.5 Å². The molecule has 0 atom stereocenters. The van der Waals surface area contributed by atoms with Crippen LogP contribution in [0, 0.1) is 0 Å². The minimum Gasteiger partial charge on any atom is -0.383 e. The fraction of sp³-hybridized carbons (Fsp3) is 0.462. The molecule has 0 saturated carbocycles. The molecule has 0 spiro atoms. The van der Waals surface area contributed by atoms with E-state index in [0.717, 1.165) is 29.6 Å². The van der Waals surface area contributed by atoms with Crippen molar-refractivity contribution in [2.45, 2.75) is 13.5 Å². The Labute approximate surface area is 137 Å². The van der Waals surface area contributed by atoms with Gasteiger partial charge in [-0.25, -0.2) is 4.99 Å². The van der Waals surface area contributed by atoms with Crippen LogP contribution in [0.5, 0.6) is 0 Å². The van der Waals surface area contributed by atoms with E-state index in [1.165, 1.54) is 0 Å². The van der Waals surface area contributed by atoms with Crippen molar-refractivity contribution in [3.8, 4) is 0 Å². The Bertz CT molecular complexity index is 388. The van der Waals surface area contributed by atoms with Crippen LogP contribution in [0.4, 0.5) is 0 Å². The SMILES string of the molecule is CCNC(=NCc1ccccc1Cl)NCCOC.I. The molecule has 2 N–H and O–H groups in total. The third-order valence-corrected chi connectivity index (χ3v) is 2.68. The third kappa shape index (κ3) is 7.59. The largest absolute Gasteiger partial charge is 0.383 e. The van der Waals surface area contributed by atoms with E-state index in [2.05, 4.69) is 15.6 Å². The van der Waals surface area contributed by atoms with Crippen LogP contribution in [0.25, 0.3) is 0 Å². The highest BCUT2D eigenvalue weighted by Gasteiger charge is 1.99. The van der Waals surface area contributed by atoms with E-state index in [1.54, 1.807) is 7.11 Å². The van der Waals surface area contributed by atoms with Gasteiger partial charge in [-0.15, -0.1) is 24.0 Å². The highest BCUT2D eigenvalue weighted by atomic mass is 127. The first kappa shape index (κ1) is 18.5. The molecule has 0 fully saturated rings. The van der Waals surface area contributed by atoms with Crippen LogP contribution in [0.15, 0.2) is 29.3 Å². The Hall–Kier alpha value is -0.530. The van der Waals surface area contributed by atoms with E-state index in [4.69, 9.17) is 16.3 Å². The van der Waals surface area contributed by atoms with E-state index in [9.17, 15) is 0 Å². The molecule has 0 aliphatic carbocycles. The summed E-state index contributed by atoms with van der Waals surface area (Å²) in [5.41, 5.74) is 1.02. The van der Waals surface area contributed by atoms with Crippen molar-refractivity contribution in [2.24, 2.45) is 4.99 Å². The second kappa shape index (κ2) is 11.3. The summed E-state index contributed by atoms with van der Waals surface area (Å²) in [6.07, 6.45) is 0. The Morgan fingerprint density at radius 3 is 2.68 bits per heavy atom. The maximum absolute atomic E-state index is 6.08. The molecular formula is C13H21ClIN3O. The molecule has 0 radical (unpaired) electrons. The summed E-state index contributed by atoms with van der Waals surface area (Å²) in [4.78, 5) is 4.47. The second-order valence-corrected chi connectivity index (χ2v) is 4.11. The van der Waals surface area contributed by atoms with E-state index < -0.39 is 0 Å². The first-order chi connectivity index (χ1) is 8.77. The maximum Gasteiger partial charge on any atom is 0.191 e. The number of nitrogens with zero attached hydrogens (tertiary/aromatic N) is 1. The number of benzene rings is 1. The summed E-state index contributed by atoms with van der Waals surface area (Å²) >= 11 is 6.08. The minimum absolute atomic E-state index is 0. The third-order valence-electron chi connectivity index (χ3n) is 2.31. The molecule has 0 bridgehead atoms. The molecule has 4 nitrogen and oxygen atoms in total. The number of aliphatic imine (C=N–C) groups is 1. The quantitative estimate of drug-likeness (QED) is 0.336. The minimum atomic E-state index is 0. The predicted octanol–water partition coefficient (Wildman–Crippen LogP) is 2.66. The van der Waals surface area contributed by atoms with Crippen molar-refractivity contribution in [3.63, 3.8) is 0 Å². The zero-order valence-electron chi connectivity index (χ0n) is 11.3. The number of hydrogen-bond donors (Lipinski definition) is 2. The summed E-state index contributed by atoms with van der Waals surface area (Å²) < 4.78 is 4.99. The summed E-state index contributed by atoms with van der Waals surface area (Å²) in [5.74, 6) is 0.773. The van der Waals surface area contributed by atoms with Gasteiger partial charge in [-0.3, -0.25) is 0 Å². The van der Waals surface area contributed by atoms with E-state index in [-0.39, 0.29) is 24.0 Å². The molecule has 0 aliphatic rings. The van der Waals surface area contributed by atoms with Crippen LogP contribution in [0.2, 0.25) is 5.02 Å². The number of guanidine groups is 1. The van der Waals surface area contributed by atoms with Gasteiger partial charge in [0.05, 0.1) is 13.2 Å². The summed E-state index contributed by atoms with van der Waals surface area (Å²) in [6, 6.07) is 7.72. The second-order valence-electron chi connectivity index (χ2n) is 3.71. The molecule has 0 saturated heterocycles. The summed E-state index contributed by atoms with van der Waals surface area (Å²) in [7, 11) is 1.68. The van der Waals surface area contributed by atoms with Gasteiger partial charge < -0.3 is 15.4 Å². The van der Waals surface area contributed by atoms with E-state index >= 15 is 0 Å². The molecule has 19 heavy (non-hydrogen) atoms. The van der Waals surface area contributed by atoms with Crippen molar-refractivity contribution in [3.05, 3.63) is 34.9 Å². The van der Waals surface area contributed by atoms with Crippen LogP contribution in [-0.2, 0) is 11.3 Å². The Balaban J connectivity index is 0.00000324. The average molecular weight is 398 g/mol. The predicted molar refractivity (Wildman–Crippen MR) is 91.6 cm³/mol. The smallest absolute Gasteiger partial charge is 0.191 e. The highest BCUT2D eigenvalue weighted by Crippen LogP contribution is 2.15. The number of ether oxygens (including phenoxy) is 1. The van der Waals surface area contributed by atoms with Crippen LogP contribution in [0.3, 0.4) is 0 Å². The Morgan fingerprint density at radius 1 is 1.32 bits per heavy atom. The van der Waals surface area contributed by atoms with Gasteiger partial charge in [0, 0.05) is 25.2 Å². The van der Waals surface area contributed by atoms with Gasteiger partial charge in [-0.05, 0) is 18.6 Å². The number of methoxy groups -OCH3 is 1. The zero-order valence-corrected chi connectivity index (χ0v) is 14.4. The molecule has 1 aromatic rings. The zero-order chi connectivity index (χ0) is 13.2. The molecule has 1 aromatic carbocycles. The first-order valence-corrected chi connectivity index (χ1v) is 6.40. The van der Waals surface area contributed by atoms with E-state index in [0.29, 0.717) is 13.2 Å². The number of halogens is 2. The van der Waals surface area contributed by atoms with Gasteiger partial charge in [-0.1, -0.05) is 29.8 Å². The van der Waals surface area contributed by atoms with Crippen molar-refractivity contribution in [1.29, 1.82) is 0 Å². The van der Waals surface area contributed by atoms with Crippen molar-refractivity contribution < 1.29 is 4.74 Å². The Morgan fingerprint density at radius 2 is 2.05 bits per heavy atom. The average Bonchev–Trinajstić information content (AvgIpc) is 2.38. The van der Waals surface area contributed by atoms with Gasteiger partial charge in [0.2, 0.25) is 0 Å². The highest BCUT2D eigenvalue weighted by molar-refractivity contribution is 14.0. The van der Waals surface area contributed by atoms with Gasteiger partial charge in [-0.2, -0.15) is 0 Å². The lowest BCUT2D eigenvalue weighted by molar-refractivity contribution is 0.203. The first-order valence-electron chi connectivity index (χ1n) is 6.02. The van der Waals surface area contributed by atoms with Crippen LogP contribution >= 0.6 is 35.6 Å². The summed E-state index contributed by atoms with van der Waals surface area (Å²) in [6.45, 7) is 4.79. The van der Waals surface area contributed by atoms with E-state index in [1.807, 2.05) is 31.2 Å². The molecular weight excluding hydrogens is 377 g/mol. The fourth-order valence-electron chi connectivity index (χ4n) is 1.40. The summed E-state index contributed by atoms with van der Waals surface area (Å²) in [5, 5.41) is 7.10. The van der Waals surface area contributed by atoms with Gasteiger partial charge in [0.15, 0.2) is 5.96 Å². The lowest BCUT2D eigenvalue weighted by Crippen LogP contribution is -2.38. The van der Waals surface area contributed by atoms with Gasteiger partial charge in [0.25, 0.3) is 0 Å². The van der Waals surface area contributed by atoms with Gasteiger partial charge >= 0.3 is 0 Å².